The SMILES string of the molecule is CCCCn1cbcc1. The van der Waals surface area contributed by atoms with Crippen LogP contribution in [0.1, 0.15) is 19.8 Å². The van der Waals surface area contributed by atoms with Crippen LogP contribution in [-0.4, -0.2) is 11.5 Å². The molecule has 48 valence electrons. The van der Waals surface area contributed by atoms with E-state index in [0.29, 0.717) is 0 Å². The fourth-order valence-corrected chi connectivity index (χ4v) is 0.860. The summed E-state index contributed by atoms with van der Waals surface area (Å²) in [6.45, 7) is 5.45. The van der Waals surface area contributed by atoms with Crippen LogP contribution < -0.4 is 0 Å². The zero-order valence-corrected chi connectivity index (χ0v) is 5.88. The van der Waals surface area contributed by atoms with Gasteiger partial charge in [-0.15, -0.1) is 0 Å². The molecule has 1 aromatic rings. The standard InChI is InChI=1S/C7H12BN/c1-2-3-5-9-6-4-8-7-9/h4,6-7H,2-3,5H2,1H3. The van der Waals surface area contributed by atoms with Gasteiger partial charge >= 0.3 is 56.0 Å². The van der Waals surface area contributed by atoms with Crippen molar-refractivity contribution in [1.29, 1.82) is 0 Å². The number of aromatic nitrogens is 1. The van der Waals surface area contributed by atoms with Gasteiger partial charge in [0.05, 0.1) is 0 Å². The van der Waals surface area contributed by atoms with Gasteiger partial charge in [-0.25, -0.2) is 0 Å². The molecule has 1 rings (SSSR count). The molecule has 0 spiro atoms. The maximum atomic E-state index is 2.21. The van der Waals surface area contributed by atoms with Crippen LogP contribution >= 0.6 is 0 Å². The van der Waals surface area contributed by atoms with E-state index in [4.69, 9.17) is 0 Å². The van der Waals surface area contributed by atoms with Crippen molar-refractivity contribution < 1.29 is 0 Å². The molecule has 0 aliphatic heterocycles. The first-order chi connectivity index (χ1) is 4.43. The van der Waals surface area contributed by atoms with E-state index in [9.17, 15) is 0 Å². The van der Waals surface area contributed by atoms with E-state index in [1.54, 1.807) is 0 Å². The van der Waals surface area contributed by atoms with E-state index >= 15 is 0 Å². The molecule has 0 aromatic carbocycles. The van der Waals surface area contributed by atoms with Crippen LogP contribution in [-0.2, 0) is 6.54 Å². The van der Waals surface area contributed by atoms with Crippen molar-refractivity contribution in [3.8, 4) is 0 Å². The first-order valence-corrected chi connectivity index (χ1v) is 3.54. The molecule has 0 bridgehead atoms. The molecule has 1 aromatic heterocycles. The summed E-state index contributed by atoms with van der Waals surface area (Å²) in [4.78, 5) is 0. The molecule has 1 nitrogen and oxygen atoms in total. The molecule has 0 N–H and O–H groups in total. The van der Waals surface area contributed by atoms with Crippen molar-refractivity contribution in [2.45, 2.75) is 26.3 Å². The van der Waals surface area contributed by atoms with Crippen molar-refractivity contribution in [1.82, 2.24) is 4.57 Å². The summed E-state index contributed by atoms with van der Waals surface area (Å²) < 4.78 is 2.21. The van der Waals surface area contributed by atoms with Gasteiger partial charge in [0.2, 0.25) is 0 Å². The Balaban J connectivity index is 2.30. The summed E-state index contributed by atoms with van der Waals surface area (Å²) >= 11 is 0. The Morgan fingerprint density at radius 1 is 1.56 bits per heavy atom. The normalized spacial score (nSPS) is 9.44. The second-order valence-corrected chi connectivity index (χ2v) is 2.27. The summed E-state index contributed by atoms with van der Waals surface area (Å²) in [6, 6.07) is 0. The van der Waals surface area contributed by atoms with E-state index in [1.807, 2.05) is 0 Å². The average Bonchev–Trinajstić information content (AvgIpc) is 2.34. The molecule has 0 saturated heterocycles. The molecule has 0 saturated carbocycles. The number of unbranched alkanes of at least 4 members (excludes halogenated alkanes) is 1. The van der Waals surface area contributed by atoms with Gasteiger partial charge in [-0.2, -0.15) is 0 Å². The van der Waals surface area contributed by atoms with E-state index < -0.39 is 0 Å². The van der Waals surface area contributed by atoms with E-state index in [1.165, 1.54) is 19.4 Å². The third kappa shape index (κ3) is 2.04. The predicted molar refractivity (Wildman–Crippen MR) is 40.7 cm³/mol. The van der Waals surface area contributed by atoms with E-state index in [0.717, 1.165) is 0 Å². The zero-order valence-electron chi connectivity index (χ0n) is 5.88. The Kier molecular flexibility index (Phi) is 2.56. The molecule has 1 heterocycles. The number of hydrogen-bond donors (Lipinski definition) is 0. The van der Waals surface area contributed by atoms with Crippen LogP contribution in [0.3, 0.4) is 0 Å². The number of nitrogens with zero attached hydrogens (tertiary/aromatic N) is 1. The summed E-state index contributed by atoms with van der Waals surface area (Å²) in [6.07, 6.45) is 6.78. The van der Waals surface area contributed by atoms with Gasteiger partial charge in [-0.1, -0.05) is 0 Å². The topological polar surface area (TPSA) is 4.93 Å². The van der Waals surface area contributed by atoms with Crippen molar-refractivity contribution >= 4 is 6.91 Å². The first kappa shape index (κ1) is 6.59. The van der Waals surface area contributed by atoms with Crippen LogP contribution in [0.15, 0.2) is 18.3 Å². The summed E-state index contributed by atoms with van der Waals surface area (Å²) in [7, 11) is 0. The average molecular weight is 121 g/mol. The van der Waals surface area contributed by atoms with Crippen molar-refractivity contribution in [3.63, 3.8) is 0 Å². The molecule has 0 unspecified atom stereocenters. The molecular formula is C7H12BN. The number of rotatable bonds is 3. The van der Waals surface area contributed by atoms with Crippen LogP contribution in [0.5, 0.6) is 0 Å². The predicted octanol–water partition coefficient (Wildman–Crippen LogP) is 1.63. The zero-order chi connectivity index (χ0) is 6.53. The fraction of sp³-hybridized carbons (Fsp3) is 0.571. The molecule has 9 heavy (non-hydrogen) atoms. The van der Waals surface area contributed by atoms with Gasteiger partial charge in [0.1, 0.15) is 0 Å². The van der Waals surface area contributed by atoms with Crippen LogP contribution in [0, 0.1) is 0 Å². The molecule has 0 aliphatic carbocycles. The number of hydrogen-bond acceptors (Lipinski definition) is 0. The molecule has 0 aliphatic rings. The van der Waals surface area contributed by atoms with Gasteiger partial charge in [0.25, 0.3) is 0 Å². The van der Waals surface area contributed by atoms with Gasteiger partial charge in [0, 0.05) is 0 Å². The second kappa shape index (κ2) is 3.49. The van der Waals surface area contributed by atoms with E-state index in [2.05, 4.69) is 36.7 Å². The van der Waals surface area contributed by atoms with Gasteiger partial charge in [0.15, 0.2) is 0 Å². The minimum absolute atomic E-state index is 1.17. The first-order valence-electron chi connectivity index (χ1n) is 3.54. The van der Waals surface area contributed by atoms with Gasteiger partial charge < -0.3 is 0 Å². The van der Waals surface area contributed by atoms with Crippen molar-refractivity contribution in [2.75, 3.05) is 0 Å². The third-order valence-corrected chi connectivity index (χ3v) is 1.44. The Labute approximate surface area is 56.9 Å². The maximum absolute atomic E-state index is 2.21. The van der Waals surface area contributed by atoms with Crippen LogP contribution in [0.2, 0.25) is 0 Å². The van der Waals surface area contributed by atoms with Crippen LogP contribution in [0.4, 0.5) is 0 Å². The minimum atomic E-state index is 1.17. The summed E-state index contributed by atoms with van der Waals surface area (Å²) in [5, 5.41) is 0. The Hall–Kier alpha value is -0.525. The fourth-order valence-electron chi connectivity index (χ4n) is 0.860. The van der Waals surface area contributed by atoms with E-state index in [-0.39, 0.29) is 0 Å². The van der Waals surface area contributed by atoms with Crippen molar-refractivity contribution in [3.05, 3.63) is 18.3 Å². The monoisotopic (exact) mass is 121 g/mol. The molecular weight excluding hydrogens is 109 g/mol. The van der Waals surface area contributed by atoms with Gasteiger partial charge in [-0.3, -0.25) is 0 Å². The third-order valence-electron chi connectivity index (χ3n) is 1.44. The molecule has 0 atom stereocenters. The molecule has 0 radical (unpaired) electrons. The quantitative estimate of drug-likeness (QED) is 0.572. The van der Waals surface area contributed by atoms with Gasteiger partial charge in [-0.05, 0) is 0 Å². The van der Waals surface area contributed by atoms with Crippen molar-refractivity contribution in [2.24, 2.45) is 0 Å². The molecule has 2 heteroatoms. The van der Waals surface area contributed by atoms with Crippen LogP contribution in [0.25, 0.3) is 0 Å². The molecule has 0 fully saturated rings. The number of aryl methyl sites for hydroxylation is 1. The molecule has 0 amide bonds. The summed E-state index contributed by atoms with van der Waals surface area (Å²) in [5.74, 6) is 2.07. The Bertz CT molecular complexity index is 146. The summed E-state index contributed by atoms with van der Waals surface area (Å²) in [5.41, 5.74) is 0. The second-order valence-electron chi connectivity index (χ2n) is 2.27. The Morgan fingerprint density at radius 3 is 3.00 bits per heavy atom. The Morgan fingerprint density at radius 2 is 2.44 bits per heavy atom.